The van der Waals surface area contributed by atoms with Crippen LogP contribution in [0.3, 0.4) is 0 Å². The number of amides is 1. The lowest BCUT2D eigenvalue weighted by molar-refractivity contribution is -0.142. The van der Waals surface area contributed by atoms with Crippen LogP contribution in [-0.4, -0.2) is 114 Å². The molecule has 0 atom stereocenters. The molecule has 1 aromatic carbocycles. The van der Waals surface area contributed by atoms with Crippen LogP contribution in [0, 0.1) is 0 Å². The second-order valence-corrected chi connectivity index (χ2v) is 13.2. The van der Waals surface area contributed by atoms with Crippen LogP contribution in [0.4, 0.5) is 5.82 Å². The number of carboxylic acids is 1. The summed E-state index contributed by atoms with van der Waals surface area (Å²) in [7, 11) is 0. The van der Waals surface area contributed by atoms with E-state index in [0.29, 0.717) is 44.6 Å². The van der Waals surface area contributed by atoms with Crippen LogP contribution in [0.1, 0.15) is 63.4 Å². The second kappa shape index (κ2) is 17.5. The Kier molecular flexibility index (Phi) is 12.9. The Labute approximate surface area is 297 Å². The SMILES string of the molecule is CC1=CC(C)=C(CCC(=O)c2cc(-c3ccc(N4CCN(C(=O)COCCOCCOCC(=O)O)CC4)nc3)cc3c2cnn3C(C)C)C(=O)C1. The van der Waals surface area contributed by atoms with E-state index in [1.165, 1.54) is 0 Å². The zero-order valence-electron chi connectivity index (χ0n) is 29.9. The van der Waals surface area contributed by atoms with E-state index in [4.69, 9.17) is 24.3 Å². The van der Waals surface area contributed by atoms with Crippen molar-refractivity contribution in [3.05, 3.63) is 65.0 Å². The lowest BCUT2D eigenvalue weighted by Gasteiger charge is -2.35. The smallest absolute Gasteiger partial charge is 0.329 e. The number of ether oxygens (including phenoxy) is 3. The van der Waals surface area contributed by atoms with E-state index < -0.39 is 5.97 Å². The van der Waals surface area contributed by atoms with Gasteiger partial charge >= 0.3 is 5.97 Å². The van der Waals surface area contributed by atoms with Crippen molar-refractivity contribution in [1.29, 1.82) is 0 Å². The molecule has 3 aromatic rings. The first-order chi connectivity index (χ1) is 24.5. The molecule has 1 amide bonds. The van der Waals surface area contributed by atoms with Gasteiger partial charge in [0.05, 0.1) is 38.1 Å². The number of Topliss-reactive ketones (excluding diaryl/α,β-unsaturated/α-hetero) is 2. The standard InChI is InChI=1S/C38H47N5O8/c1-25(2)43-33-20-29(19-31(32(33)22-40-43)34(44)7-6-30-27(4)17-26(3)18-35(30)45)28-5-8-36(39-21-28)41-9-11-42(12-10-41)37(46)23-50-15-13-49-14-16-51-24-38(47)48/h5,8,17,19-22,25H,6-7,9-16,18,23-24H2,1-4H3,(H,47,48). The Hall–Kier alpha value is -4.72. The molecule has 2 aromatic heterocycles. The minimum absolute atomic E-state index is 0.0275. The quantitative estimate of drug-likeness (QED) is 0.154. The summed E-state index contributed by atoms with van der Waals surface area (Å²) in [6, 6.07) is 8.03. The highest BCUT2D eigenvalue weighted by Crippen LogP contribution is 2.32. The van der Waals surface area contributed by atoms with Gasteiger partial charge in [-0.3, -0.25) is 19.1 Å². The van der Waals surface area contributed by atoms with Crippen LogP contribution in [0.5, 0.6) is 0 Å². The van der Waals surface area contributed by atoms with Crippen LogP contribution < -0.4 is 4.90 Å². The van der Waals surface area contributed by atoms with Crippen LogP contribution in [0.25, 0.3) is 22.0 Å². The lowest BCUT2D eigenvalue weighted by Crippen LogP contribution is -2.50. The number of carboxylic acid groups (broad SMARTS) is 1. The van der Waals surface area contributed by atoms with Crippen LogP contribution in [0.2, 0.25) is 0 Å². The fourth-order valence-corrected chi connectivity index (χ4v) is 6.43. The summed E-state index contributed by atoms with van der Waals surface area (Å²) in [4.78, 5) is 58.2. The Morgan fingerprint density at radius 1 is 0.902 bits per heavy atom. The lowest BCUT2D eigenvalue weighted by atomic mass is 9.88. The number of benzene rings is 1. The van der Waals surface area contributed by atoms with Crippen molar-refractivity contribution in [2.45, 2.75) is 53.0 Å². The molecule has 0 unspecified atom stereocenters. The van der Waals surface area contributed by atoms with Gasteiger partial charge in [-0.15, -0.1) is 0 Å². The first-order valence-corrected chi connectivity index (χ1v) is 17.4. The Balaban J connectivity index is 1.18. The number of carbonyl (C=O) groups excluding carboxylic acids is 3. The summed E-state index contributed by atoms with van der Waals surface area (Å²) in [6.07, 6.45) is 6.65. The minimum atomic E-state index is -1.03. The van der Waals surface area contributed by atoms with Gasteiger partial charge in [0.2, 0.25) is 5.91 Å². The molecule has 51 heavy (non-hydrogen) atoms. The number of aromatic nitrogens is 3. The van der Waals surface area contributed by atoms with Crippen LogP contribution >= 0.6 is 0 Å². The molecule has 5 rings (SSSR count). The van der Waals surface area contributed by atoms with Crippen LogP contribution in [-0.2, 0) is 28.6 Å². The number of fused-ring (bicyclic) bond motifs is 1. The Morgan fingerprint density at radius 2 is 1.61 bits per heavy atom. The average Bonchev–Trinajstić information content (AvgIpc) is 3.54. The van der Waals surface area contributed by atoms with Gasteiger partial charge in [-0.25, -0.2) is 9.78 Å². The zero-order valence-corrected chi connectivity index (χ0v) is 29.9. The zero-order chi connectivity index (χ0) is 36.5. The van der Waals surface area contributed by atoms with Gasteiger partial charge in [0.15, 0.2) is 11.6 Å². The number of rotatable bonds is 17. The predicted octanol–water partition coefficient (Wildman–Crippen LogP) is 4.66. The third kappa shape index (κ3) is 9.75. The first kappa shape index (κ1) is 37.5. The van der Waals surface area contributed by atoms with Gasteiger partial charge in [-0.05, 0) is 75.1 Å². The van der Waals surface area contributed by atoms with Crippen molar-refractivity contribution in [2.75, 3.05) is 70.7 Å². The van der Waals surface area contributed by atoms with Crippen molar-refractivity contribution < 1.29 is 38.5 Å². The fraction of sp³-hybridized carbons (Fsp3) is 0.474. The molecule has 2 aliphatic rings. The maximum absolute atomic E-state index is 13.8. The number of nitrogens with zero attached hydrogens (tertiary/aromatic N) is 5. The number of hydrogen-bond donors (Lipinski definition) is 1. The van der Waals surface area contributed by atoms with E-state index in [-0.39, 0.29) is 69.6 Å². The van der Waals surface area contributed by atoms with Crippen molar-refractivity contribution in [1.82, 2.24) is 19.7 Å². The van der Waals surface area contributed by atoms with Crippen molar-refractivity contribution >= 4 is 40.2 Å². The number of anilines is 1. The first-order valence-electron chi connectivity index (χ1n) is 17.4. The number of pyridine rings is 1. The van der Waals surface area contributed by atoms with E-state index in [2.05, 4.69) is 29.9 Å². The van der Waals surface area contributed by atoms with Crippen molar-refractivity contribution in [3.8, 4) is 11.1 Å². The van der Waals surface area contributed by atoms with Gasteiger partial charge in [0.25, 0.3) is 0 Å². The minimum Gasteiger partial charge on any atom is -0.480 e. The number of carbonyl (C=O) groups is 4. The summed E-state index contributed by atoms with van der Waals surface area (Å²) >= 11 is 0. The Bertz CT molecular complexity index is 1800. The van der Waals surface area contributed by atoms with Gasteiger partial charge in [-0.1, -0.05) is 11.6 Å². The van der Waals surface area contributed by atoms with Gasteiger partial charge in [0, 0.05) is 67.8 Å². The third-order valence-electron chi connectivity index (χ3n) is 9.06. The largest absolute Gasteiger partial charge is 0.480 e. The number of allylic oxidation sites excluding steroid dienone is 4. The normalized spacial score (nSPS) is 15.2. The molecule has 0 saturated carbocycles. The van der Waals surface area contributed by atoms with Crippen molar-refractivity contribution in [3.63, 3.8) is 0 Å². The third-order valence-corrected chi connectivity index (χ3v) is 9.06. The molecule has 0 spiro atoms. The number of piperazine rings is 1. The summed E-state index contributed by atoms with van der Waals surface area (Å²) < 4.78 is 17.6. The summed E-state index contributed by atoms with van der Waals surface area (Å²) in [6.45, 7) is 10.9. The summed E-state index contributed by atoms with van der Waals surface area (Å²) in [5.41, 5.74) is 5.91. The van der Waals surface area contributed by atoms with Crippen molar-refractivity contribution in [2.24, 2.45) is 0 Å². The monoisotopic (exact) mass is 701 g/mol. The molecular formula is C38H47N5O8. The van der Waals surface area contributed by atoms with Crippen LogP contribution in [0.15, 0.2) is 59.5 Å². The highest BCUT2D eigenvalue weighted by Gasteiger charge is 2.24. The molecular weight excluding hydrogens is 654 g/mol. The Morgan fingerprint density at radius 3 is 2.25 bits per heavy atom. The second-order valence-electron chi connectivity index (χ2n) is 13.2. The van der Waals surface area contributed by atoms with E-state index >= 15 is 0 Å². The molecule has 1 aliphatic carbocycles. The molecule has 272 valence electrons. The molecule has 1 aliphatic heterocycles. The molecule has 1 N–H and O–H groups in total. The maximum atomic E-state index is 13.8. The average molecular weight is 702 g/mol. The van der Waals surface area contributed by atoms with Gasteiger partial charge in [0.1, 0.15) is 19.0 Å². The van der Waals surface area contributed by atoms with E-state index in [0.717, 1.165) is 44.6 Å². The number of aliphatic carboxylic acids is 1. The van der Waals surface area contributed by atoms with Gasteiger partial charge < -0.3 is 29.1 Å². The van der Waals surface area contributed by atoms with E-state index in [9.17, 15) is 19.2 Å². The topological polar surface area (TPSA) is 153 Å². The molecule has 13 heteroatoms. The van der Waals surface area contributed by atoms with Gasteiger partial charge in [-0.2, -0.15) is 5.10 Å². The van der Waals surface area contributed by atoms with E-state index in [1.54, 1.807) is 11.1 Å². The molecule has 0 bridgehead atoms. The molecule has 0 radical (unpaired) electrons. The highest BCUT2D eigenvalue weighted by molar-refractivity contribution is 6.09. The highest BCUT2D eigenvalue weighted by atomic mass is 16.5. The summed E-state index contributed by atoms with van der Waals surface area (Å²) in [5.74, 6) is -0.243. The molecule has 3 heterocycles. The fourth-order valence-electron chi connectivity index (χ4n) is 6.43. The summed E-state index contributed by atoms with van der Waals surface area (Å²) in [5, 5.41) is 13.9. The molecule has 1 fully saturated rings. The number of ketones is 2. The predicted molar refractivity (Wildman–Crippen MR) is 192 cm³/mol. The molecule has 13 nitrogen and oxygen atoms in total. The maximum Gasteiger partial charge on any atom is 0.329 e. The number of hydrogen-bond acceptors (Lipinski definition) is 10. The molecule has 1 saturated heterocycles. The van der Waals surface area contributed by atoms with E-state index in [1.807, 2.05) is 49.0 Å².